The zero-order chi connectivity index (χ0) is 42.9. The van der Waals surface area contributed by atoms with Crippen LogP contribution in [0.25, 0.3) is 0 Å². The molecule has 0 aromatic carbocycles. The Morgan fingerprint density at radius 2 is 0.704 bits per heavy atom. The maximum Gasteiger partial charge on any atom is 0.407 e. The number of rotatable bonds is 16. The number of hydrogen-bond acceptors (Lipinski definition) is 10. The van der Waals surface area contributed by atoms with E-state index in [9.17, 15) is 19.2 Å². The van der Waals surface area contributed by atoms with Gasteiger partial charge in [0.1, 0.15) is 22.4 Å². The molecule has 0 radical (unpaired) electrons. The summed E-state index contributed by atoms with van der Waals surface area (Å²) in [5, 5.41) is 11.3. The van der Waals surface area contributed by atoms with Gasteiger partial charge >= 0.3 is 24.4 Å². The second kappa shape index (κ2) is 22.5. The summed E-state index contributed by atoms with van der Waals surface area (Å²) in [6.45, 7) is 36.4. The van der Waals surface area contributed by atoms with Gasteiger partial charge in [0.2, 0.25) is 0 Å². The van der Waals surface area contributed by atoms with Crippen LogP contribution in [0.15, 0.2) is 0 Å². The van der Waals surface area contributed by atoms with Crippen LogP contribution >= 0.6 is 0 Å². The van der Waals surface area contributed by atoms with E-state index in [1.807, 2.05) is 96.9 Å². The lowest BCUT2D eigenvalue weighted by Gasteiger charge is -2.33. The summed E-state index contributed by atoms with van der Waals surface area (Å²) >= 11 is 0. The van der Waals surface area contributed by atoms with Gasteiger partial charge in [-0.25, -0.2) is 19.2 Å². The Labute approximate surface area is 328 Å². The average Bonchev–Trinajstić information content (AvgIpc) is 2.90. The zero-order valence-corrected chi connectivity index (χ0v) is 37.4. The molecule has 320 valence electrons. The van der Waals surface area contributed by atoms with E-state index in [0.29, 0.717) is 26.2 Å². The molecule has 0 aromatic rings. The minimum atomic E-state index is -0.533. The van der Waals surface area contributed by atoms with Crippen molar-refractivity contribution >= 4 is 24.4 Å². The first kappa shape index (κ1) is 53.1. The summed E-state index contributed by atoms with van der Waals surface area (Å²) in [7, 11) is 0. The standard InChI is InChI=1S/2C20H41N3O4/c2*1-14(23-17(25)27-19(5,6)7)15(13-21)12-20(8,9)10-11-22-16(24)26-18(2,3)4/h2*14-15H,10-13,21H2,1-9H3,(H,22,24)(H,23,25)/t14-,15+;14-,15-/m11/s1. The molecular formula is C40H82N6O8. The van der Waals surface area contributed by atoms with E-state index >= 15 is 0 Å². The first-order valence-electron chi connectivity index (χ1n) is 19.4. The van der Waals surface area contributed by atoms with Crippen LogP contribution in [-0.4, -0.2) is 85.0 Å². The Morgan fingerprint density at radius 3 is 0.926 bits per heavy atom. The topological polar surface area (TPSA) is 205 Å². The van der Waals surface area contributed by atoms with Crippen LogP contribution in [0.5, 0.6) is 0 Å². The Morgan fingerprint density at radius 1 is 0.463 bits per heavy atom. The van der Waals surface area contributed by atoms with Gasteiger partial charge in [-0.2, -0.15) is 0 Å². The van der Waals surface area contributed by atoms with Gasteiger partial charge in [-0.05, 0) is 158 Å². The fourth-order valence-corrected chi connectivity index (χ4v) is 5.41. The maximum atomic E-state index is 12.0. The third kappa shape index (κ3) is 30.3. The fourth-order valence-electron chi connectivity index (χ4n) is 5.41. The van der Waals surface area contributed by atoms with Crippen molar-refractivity contribution in [1.82, 2.24) is 21.3 Å². The molecule has 4 atom stereocenters. The fraction of sp³-hybridized carbons (Fsp3) is 0.900. The minimum Gasteiger partial charge on any atom is -0.444 e. The van der Waals surface area contributed by atoms with Crippen LogP contribution < -0.4 is 32.7 Å². The largest absolute Gasteiger partial charge is 0.444 e. The number of hydrogen-bond donors (Lipinski definition) is 6. The van der Waals surface area contributed by atoms with E-state index in [1.165, 1.54) is 0 Å². The summed E-state index contributed by atoms with van der Waals surface area (Å²) in [5.74, 6) is 0.211. The molecule has 8 N–H and O–H groups in total. The molecule has 0 saturated heterocycles. The van der Waals surface area contributed by atoms with E-state index in [0.717, 1.165) is 25.7 Å². The van der Waals surface area contributed by atoms with Crippen molar-refractivity contribution in [2.45, 2.75) is 185 Å². The van der Waals surface area contributed by atoms with E-state index in [4.69, 9.17) is 30.4 Å². The molecule has 0 heterocycles. The highest BCUT2D eigenvalue weighted by Crippen LogP contribution is 2.31. The van der Waals surface area contributed by atoms with Gasteiger partial charge in [0, 0.05) is 25.2 Å². The molecule has 54 heavy (non-hydrogen) atoms. The van der Waals surface area contributed by atoms with Crippen molar-refractivity contribution < 1.29 is 38.1 Å². The van der Waals surface area contributed by atoms with Gasteiger partial charge in [-0.1, -0.05) is 27.7 Å². The molecular weight excluding hydrogens is 692 g/mol. The molecule has 0 aliphatic heterocycles. The minimum absolute atomic E-state index is 0.0527. The van der Waals surface area contributed by atoms with Crippen LogP contribution in [0.1, 0.15) is 150 Å². The number of carbonyl (C=O) groups excluding carboxylic acids is 4. The van der Waals surface area contributed by atoms with Crippen LogP contribution in [0.2, 0.25) is 0 Å². The molecule has 0 aromatic heterocycles. The van der Waals surface area contributed by atoms with Gasteiger partial charge in [0.25, 0.3) is 0 Å². The maximum absolute atomic E-state index is 12.0. The lowest BCUT2D eigenvalue weighted by atomic mass is 9.78. The van der Waals surface area contributed by atoms with Crippen molar-refractivity contribution in [2.75, 3.05) is 26.2 Å². The second-order valence-electron chi connectivity index (χ2n) is 20.0. The Hall–Kier alpha value is -3.00. The highest BCUT2D eigenvalue weighted by Gasteiger charge is 2.30. The third-order valence-corrected chi connectivity index (χ3v) is 8.08. The number of nitrogens with two attached hydrogens (primary N) is 2. The lowest BCUT2D eigenvalue weighted by Crippen LogP contribution is -2.45. The van der Waals surface area contributed by atoms with Gasteiger partial charge in [-0.3, -0.25) is 0 Å². The number of carbonyl (C=O) groups is 4. The Bertz CT molecular complexity index is 1050. The van der Waals surface area contributed by atoms with Gasteiger partial charge < -0.3 is 51.7 Å². The molecule has 0 saturated carbocycles. The predicted octanol–water partition coefficient (Wildman–Crippen LogP) is 7.61. The van der Waals surface area contributed by atoms with Crippen LogP contribution in [0.3, 0.4) is 0 Å². The van der Waals surface area contributed by atoms with Crippen LogP contribution in [0, 0.1) is 22.7 Å². The summed E-state index contributed by atoms with van der Waals surface area (Å²) in [4.78, 5) is 47.5. The van der Waals surface area contributed by atoms with Gasteiger partial charge in [0.05, 0.1) is 0 Å². The first-order valence-corrected chi connectivity index (χ1v) is 19.4. The predicted molar refractivity (Wildman–Crippen MR) is 217 cm³/mol. The van der Waals surface area contributed by atoms with E-state index in [2.05, 4.69) is 49.0 Å². The van der Waals surface area contributed by atoms with Gasteiger partial charge in [0.15, 0.2) is 0 Å². The monoisotopic (exact) mass is 775 g/mol. The number of nitrogens with one attached hydrogen (secondary N) is 4. The quantitative estimate of drug-likeness (QED) is 0.0847. The third-order valence-electron chi connectivity index (χ3n) is 8.08. The smallest absolute Gasteiger partial charge is 0.407 e. The molecule has 0 spiro atoms. The van der Waals surface area contributed by atoms with Crippen molar-refractivity contribution in [2.24, 2.45) is 34.1 Å². The number of alkyl carbamates (subject to hydrolysis) is 4. The van der Waals surface area contributed by atoms with Crippen molar-refractivity contribution in [3.63, 3.8) is 0 Å². The Kier molecular flexibility index (Phi) is 22.2. The molecule has 4 amide bonds. The lowest BCUT2D eigenvalue weighted by molar-refractivity contribution is 0.0468. The van der Waals surface area contributed by atoms with E-state index in [1.54, 1.807) is 0 Å². The molecule has 0 aliphatic rings. The molecule has 0 rings (SSSR count). The summed E-state index contributed by atoms with van der Waals surface area (Å²) < 4.78 is 21.1. The summed E-state index contributed by atoms with van der Waals surface area (Å²) in [6, 6.07) is -0.217. The number of ether oxygens (including phenoxy) is 4. The summed E-state index contributed by atoms with van der Waals surface area (Å²) in [5.41, 5.74) is 9.71. The van der Waals surface area contributed by atoms with E-state index in [-0.39, 0.29) is 34.7 Å². The van der Waals surface area contributed by atoms with E-state index < -0.39 is 46.8 Å². The molecule has 0 bridgehead atoms. The van der Waals surface area contributed by atoms with Crippen LogP contribution in [-0.2, 0) is 18.9 Å². The SMILES string of the molecule is C[C@@H](NC(=O)OC(C)(C)C)[C@@H](CN)CC(C)(C)CCNC(=O)OC(C)(C)C.C[C@@H](NC(=O)OC(C)(C)C)[C@H](CN)CC(C)(C)CCNC(=O)OC(C)(C)C. The van der Waals surface area contributed by atoms with Crippen molar-refractivity contribution in [1.29, 1.82) is 0 Å². The Balaban J connectivity index is 0. The number of amides is 4. The molecule has 14 heteroatoms. The molecule has 0 aliphatic carbocycles. The first-order chi connectivity index (χ1) is 24.1. The second-order valence-corrected chi connectivity index (χ2v) is 20.0. The summed E-state index contributed by atoms with van der Waals surface area (Å²) in [6.07, 6.45) is 1.51. The van der Waals surface area contributed by atoms with Crippen molar-refractivity contribution in [3.05, 3.63) is 0 Å². The van der Waals surface area contributed by atoms with Crippen molar-refractivity contribution in [3.8, 4) is 0 Å². The zero-order valence-electron chi connectivity index (χ0n) is 37.4. The van der Waals surface area contributed by atoms with Gasteiger partial charge in [-0.15, -0.1) is 0 Å². The average molecular weight is 775 g/mol. The molecule has 0 fully saturated rings. The normalized spacial score (nSPS) is 14.9. The highest BCUT2D eigenvalue weighted by atomic mass is 16.6. The molecule has 0 unspecified atom stereocenters. The van der Waals surface area contributed by atoms with Crippen LogP contribution in [0.4, 0.5) is 19.2 Å². The highest BCUT2D eigenvalue weighted by molar-refractivity contribution is 5.69. The molecule has 14 nitrogen and oxygen atoms in total.